The number of alkyl halides is 3. The Labute approximate surface area is 118 Å². The number of halogens is 3. The first-order valence-corrected chi connectivity index (χ1v) is 5.93. The number of nitrogens with zero attached hydrogens (tertiary/aromatic N) is 2. The molecule has 0 atom stereocenters. The normalized spacial score (nSPS) is 11.3. The van der Waals surface area contributed by atoms with Crippen LogP contribution in [0.15, 0.2) is 18.5 Å². The van der Waals surface area contributed by atoms with Crippen LogP contribution in [0.3, 0.4) is 0 Å². The maximum atomic E-state index is 12.4. The summed E-state index contributed by atoms with van der Waals surface area (Å²) in [5.74, 6) is -1.25. The van der Waals surface area contributed by atoms with E-state index in [4.69, 9.17) is 5.11 Å². The molecule has 0 fully saturated rings. The van der Waals surface area contributed by atoms with Gasteiger partial charge in [-0.2, -0.15) is 13.2 Å². The number of carbonyl (C=O) groups excluding carboxylic acids is 1. The van der Waals surface area contributed by atoms with Gasteiger partial charge in [0, 0.05) is 12.2 Å². The average Bonchev–Trinajstić information content (AvgIpc) is 2.34. The van der Waals surface area contributed by atoms with Crippen LogP contribution in [0.25, 0.3) is 0 Å². The van der Waals surface area contributed by atoms with E-state index < -0.39 is 30.8 Å². The van der Waals surface area contributed by atoms with Gasteiger partial charge in [-0.3, -0.25) is 4.98 Å². The predicted molar refractivity (Wildman–Crippen MR) is 68.1 cm³/mol. The van der Waals surface area contributed by atoms with E-state index in [1.807, 2.05) is 0 Å². The Morgan fingerprint density at radius 3 is 2.48 bits per heavy atom. The molecule has 1 aromatic heterocycles. The van der Waals surface area contributed by atoms with E-state index in [0.717, 1.165) is 18.5 Å². The molecular formula is C12H14F3N3O3. The van der Waals surface area contributed by atoms with Crippen molar-refractivity contribution in [2.75, 3.05) is 11.9 Å². The third-order valence-electron chi connectivity index (χ3n) is 2.47. The van der Waals surface area contributed by atoms with E-state index in [0.29, 0.717) is 4.90 Å². The fourth-order valence-electron chi connectivity index (χ4n) is 1.50. The van der Waals surface area contributed by atoms with Crippen molar-refractivity contribution in [1.29, 1.82) is 0 Å². The van der Waals surface area contributed by atoms with Gasteiger partial charge in [-0.05, 0) is 19.9 Å². The number of hydrogen-bond acceptors (Lipinski definition) is 3. The lowest BCUT2D eigenvalue weighted by Gasteiger charge is -2.27. The molecule has 2 amide bonds. The highest BCUT2D eigenvalue weighted by Crippen LogP contribution is 2.19. The Kier molecular flexibility index (Phi) is 5.12. The number of rotatable bonds is 4. The number of carboxylic acids is 1. The van der Waals surface area contributed by atoms with E-state index in [2.05, 4.69) is 10.3 Å². The van der Waals surface area contributed by atoms with E-state index in [1.165, 1.54) is 13.8 Å². The highest BCUT2D eigenvalue weighted by atomic mass is 19.4. The van der Waals surface area contributed by atoms with Crippen molar-refractivity contribution in [2.45, 2.75) is 26.1 Å². The standard InChI is InChI=1S/C12H14F3N3O3/c1-7(2)18(6-12(13,14)15)11(21)17-9-3-8(10(19)20)4-16-5-9/h3-5,7H,6H2,1-2H3,(H,17,21)(H,19,20). The molecule has 116 valence electrons. The number of nitrogens with one attached hydrogen (secondary N) is 1. The molecule has 1 aromatic rings. The molecule has 21 heavy (non-hydrogen) atoms. The summed E-state index contributed by atoms with van der Waals surface area (Å²) in [5, 5.41) is 11.0. The molecule has 0 bridgehead atoms. The first kappa shape index (κ1) is 16.7. The van der Waals surface area contributed by atoms with Crippen LogP contribution in [-0.4, -0.2) is 45.8 Å². The van der Waals surface area contributed by atoms with Crippen molar-refractivity contribution < 1.29 is 27.9 Å². The van der Waals surface area contributed by atoms with Gasteiger partial charge < -0.3 is 15.3 Å². The third-order valence-corrected chi connectivity index (χ3v) is 2.47. The minimum absolute atomic E-state index is 0.00715. The van der Waals surface area contributed by atoms with Gasteiger partial charge in [0.1, 0.15) is 6.54 Å². The van der Waals surface area contributed by atoms with Crippen LogP contribution >= 0.6 is 0 Å². The van der Waals surface area contributed by atoms with Crippen molar-refractivity contribution in [3.8, 4) is 0 Å². The Morgan fingerprint density at radius 2 is 2.00 bits per heavy atom. The number of aromatic nitrogens is 1. The predicted octanol–water partition coefficient (Wildman–Crippen LogP) is 2.58. The maximum absolute atomic E-state index is 12.4. The van der Waals surface area contributed by atoms with E-state index in [9.17, 15) is 22.8 Å². The quantitative estimate of drug-likeness (QED) is 0.895. The summed E-state index contributed by atoms with van der Waals surface area (Å²) in [6.07, 6.45) is -2.31. The number of carbonyl (C=O) groups is 2. The number of urea groups is 1. The van der Waals surface area contributed by atoms with E-state index in [-0.39, 0.29) is 11.3 Å². The Morgan fingerprint density at radius 1 is 1.38 bits per heavy atom. The monoisotopic (exact) mass is 305 g/mol. The minimum Gasteiger partial charge on any atom is -0.478 e. The number of anilines is 1. The van der Waals surface area contributed by atoms with Crippen LogP contribution in [0.1, 0.15) is 24.2 Å². The summed E-state index contributed by atoms with van der Waals surface area (Å²) in [5.41, 5.74) is -0.174. The van der Waals surface area contributed by atoms with Crippen LogP contribution < -0.4 is 5.32 Å². The second kappa shape index (κ2) is 6.42. The van der Waals surface area contributed by atoms with Crippen molar-refractivity contribution in [3.63, 3.8) is 0 Å². The zero-order valence-corrected chi connectivity index (χ0v) is 11.3. The molecule has 0 saturated heterocycles. The molecule has 2 N–H and O–H groups in total. The molecule has 0 radical (unpaired) electrons. The number of hydrogen-bond donors (Lipinski definition) is 2. The van der Waals surface area contributed by atoms with Crippen molar-refractivity contribution >= 4 is 17.7 Å². The summed E-state index contributed by atoms with van der Waals surface area (Å²) in [6.45, 7) is 1.48. The molecule has 0 saturated carbocycles. The molecule has 0 spiro atoms. The molecule has 1 rings (SSSR count). The lowest BCUT2D eigenvalue weighted by atomic mass is 10.2. The maximum Gasteiger partial charge on any atom is 0.406 e. The van der Waals surface area contributed by atoms with Gasteiger partial charge in [-0.15, -0.1) is 0 Å². The number of pyridine rings is 1. The van der Waals surface area contributed by atoms with E-state index >= 15 is 0 Å². The van der Waals surface area contributed by atoms with Crippen LogP contribution in [0.4, 0.5) is 23.7 Å². The largest absolute Gasteiger partial charge is 0.478 e. The lowest BCUT2D eigenvalue weighted by molar-refractivity contribution is -0.142. The Bertz CT molecular complexity index is 532. The molecule has 0 unspecified atom stereocenters. The van der Waals surface area contributed by atoms with Gasteiger partial charge in [0.05, 0.1) is 17.4 Å². The van der Waals surface area contributed by atoms with Gasteiger partial charge in [0.15, 0.2) is 0 Å². The molecule has 0 aromatic carbocycles. The lowest BCUT2D eigenvalue weighted by Crippen LogP contribution is -2.45. The zero-order valence-electron chi connectivity index (χ0n) is 11.3. The fourth-order valence-corrected chi connectivity index (χ4v) is 1.50. The fraction of sp³-hybridized carbons (Fsp3) is 0.417. The van der Waals surface area contributed by atoms with Gasteiger partial charge in [0.2, 0.25) is 0 Å². The summed E-state index contributed by atoms with van der Waals surface area (Å²) in [6, 6.07) is -0.548. The van der Waals surface area contributed by atoms with E-state index in [1.54, 1.807) is 0 Å². The molecule has 0 aliphatic rings. The highest BCUT2D eigenvalue weighted by Gasteiger charge is 2.34. The van der Waals surface area contributed by atoms with Crippen LogP contribution in [0.2, 0.25) is 0 Å². The molecule has 9 heteroatoms. The van der Waals surface area contributed by atoms with Gasteiger partial charge in [-0.25, -0.2) is 9.59 Å². The number of carboxylic acid groups (broad SMARTS) is 1. The summed E-state index contributed by atoms with van der Waals surface area (Å²) in [7, 11) is 0. The molecule has 1 heterocycles. The van der Waals surface area contributed by atoms with Crippen LogP contribution in [-0.2, 0) is 0 Å². The third kappa shape index (κ3) is 5.28. The van der Waals surface area contributed by atoms with Crippen molar-refractivity contribution in [1.82, 2.24) is 9.88 Å². The SMILES string of the molecule is CC(C)N(CC(F)(F)F)C(=O)Nc1cncc(C(=O)O)c1. The van der Waals surface area contributed by atoms with Gasteiger partial charge in [0.25, 0.3) is 0 Å². The highest BCUT2D eigenvalue weighted by molar-refractivity contribution is 5.92. The Balaban J connectivity index is 2.87. The number of amides is 2. The topological polar surface area (TPSA) is 82.5 Å². The summed E-state index contributed by atoms with van der Waals surface area (Å²) < 4.78 is 37.3. The second-order valence-corrected chi connectivity index (χ2v) is 4.53. The minimum atomic E-state index is -4.53. The van der Waals surface area contributed by atoms with Gasteiger partial charge >= 0.3 is 18.2 Å². The van der Waals surface area contributed by atoms with Crippen molar-refractivity contribution in [3.05, 3.63) is 24.0 Å². The number of aromatic carboxylic acids is 1. The molecule has 0 aliphatic carbocycles. The average molecular weight is 305 g/mol. The summed E-state index contributed by atoms with van der Waals surface area (Å²) in [4.78, 5) is 26.8. The zero-order chi connectivity index (χ0) is 16.2. The summed E-state index contributed by atoms with van der Waals surface area (Å²) >= 11 is 0. The van der Waals surface area contributed by atoms with Crippen LogP contribution in [0.5, 0.6) is 0 Å². The van der Waals surface area contributed by atoms with Crippen molar-refractivity contribution in [2.24, 2.45) is 0 Å². The molecular weight excluding hydrogens is 291 g/mol. The second-order valence-electron chi connectivity index (χ2n) is 4.53. The first-order chi connectivity index (χ1) is 9.60. The Hall–Kier alpha value is -2.32. The smallest absolute Gasteiger partial charge is 0.406 e. The molecule has 0 aliphatic heterocycles. The van der Waals surface area contributed by atoms with Crippen LogP contribution in [0, 0.1) is 0 Å². The first-order valence-electron chi connectivity index (χ1n) is 5.93. The van der Waals surface area contributed by atoms with Gasteiger partial charge in [-0.1, -0.05) is 0 Å². The molecule has 6 nitrogen and oxygen atoms in total.